The summed E-state index contributed by atoms with van der Waals surface area (Å²) in [5, 5.41) is 0.833. The SMILES string of the molecule is COc1cc(OC)cc(C(=O)CCCBr)c1. The monoisotopic (exact) mass is 286 g/mol. The Morgan fingerprint density at radius 1 is 1.19 bits per heavy atom. The molecule has 0 unspecified atom stereocenters. The van der Waals surface area contributed by atoms with Crippen molar-refractivity contribution in [1.82, 2.24) is 0 Å². The van der Waals surface area contributed by atoms with Crippen LogP contribution in [0.15, 0.2) is 18.2 Å². The fraction of sp³-hybridized carbons (Fsp3) is 0.417. The summed E-state index contributed by atoms with van der Waals surface area (Å²) in [5.74, 6) is 1.39. The number of benzene rings is 1. The number of carbonyl (C=O) groups excluding carboxylic acids is 1. The fourth-order valence-corrected chi connectivity index (χ4v) is 1.62. The molecule has 1 rings (SSSR count). The van der Waals surface area contributed by atoms with Gasteiger partial charge in [0.25, 0.3) is 0 Å². The number of ketones is 1. The van der Waals surface area contributed by atoms with Crippen LogP contribution < -0.4 is 9.47 Å². The number of Topliss-reactive ketones (excluding diaryl/α,β-unsaturated/α-hetero) is 1. The van der Waals surface area contributed by atoms with Crippen LogP contribution in [0.3, 0.4) is 0 Å². The van der Waals surface area contributed by atoms with Gasteiger partial charge in [0.15, 0.2) is 5.78 Å². The molecule has 3 nitrogen and oxygen atoms in total. The highest BCUT2D eigenvalue weighted by Crippen LogP contribution is 2.23. The van der Waals surface area contributed by atoms with Crippen LogP contribution >= 0.6 is 15.9 Å². The van der Waals surface area contributed by atoms with Gasteiger partial charge in [-0.3, -0.25) is 4.79 Å². The van der Waals surface area contributed by atoms with Crippen molar-refractivity contribution in [1.29, 1.82) is 0 Å². The van der Waals surface area contributed by atoms with E-state index >= 15 is 0 Å². The maximum Gasteiger partial charge on any atom is 0.163 e. The third-order valence-electron chi connectivity index (χ3n) is 2.21. The molecule has 0 saturated heterocycles. The van der Waals surface area contributed by atoms with Crippen molar-refractivity contribution in [3.8, 4) is 11.5 Å². The zero-order valence-corrected chi connectivity index (χ0v) is 11.0. The number of methoxy groups -OCH3 is 2. The van der Waals surface area contributed by atoms with Gasteiger partial charge in [-0.2, -0.15) is 0 Å². The highest BCUT2D eigenvalue weighted by Gasteiger charge is 2.09. The third-order valence-corrected chi connectivity index (χ3v) is 2.77. The Bertz CT molecular complexity index is 341. The minimum absolute atomic E-state index is 0.108. The Morgan fingerprint density at radius 3 is 2.19 bits per heavy atom. The zero-order chi connectivity index (χ0) is 12.0. The van der Waals surface area contributed by atoms with Gasteiger partial charge >= 0.3 is 0 Å². The second-order valence-electron chi connectivity index (χ2n) is 3.32. The van der Waals surface area contributed by atoms with E-state index in [4.69, 9.17) is 9.47 Å². The average Bonchev–Trinajstić information content (AvgIpc) is 2.35. The van der Waals surface area contributed by atoms with Gasteiger partial charge in [-0.05, 0) is 18.6 Å². The van der Waals surface area contributed by atoms with Gasteiger partial charge in [0, 0.05) is 23.4 Å². The molecular formula is C12H15BrO3. The van der Waals surface area contributed by atoms with Crippen molar-refractivity contribution in [2.24, 2.45) is 0 Å². The lowest BCUT2D eigenvalue weighted by Gasteiger charge is -2.07. The summed E-state index contributed by atoms with van der Waals surface area (Å²) in [5.41, 5.74) is 0.636. The summed E-state index contributed by atoms with van der Waals surface area (Å²) in [6, 6.07) is 5.22. The topological polar surface area (TPSA) is 35.5 Å². The smallest absolute Gasteiger partial charge is 0.163 e. The molecule has 0 heterocycles. The number of alkyl halides is 1. The minimum atomic E-state index is 0.108. The van der Waals surface area contributed by atoms with Gasteiger partial charge in [-0.15, -0.1) is 0 Å². The van der Waals surface area contributed by atoms with E-state index in [1.54, 1.807) is 32.4 Å². The second kappa shape index (κ2) is 6.53. The second-order valence-corrected chi connectivity index (χ2v) is 4.11. The lowest BCUT2D eigenvalue weighted by molar-refractivity contribution is 0.0981. The molecule has 0 aromatic heterocycles. The standard InChI is InChI=1S/C12H15BrO3/c1-15-10-6-9(7-11(8-10)16-2)12(14)4-3-5-13/h6-8H,3-5H2,1-2H3. The zero-order valence-electron chi connectivity index (χ0n) is 9.46. The first-order valence-corrected chi connectivity index (χ1v) is 6.15. The molecule has 0 N–H and O–H groups in total. The average molecular weight is 287 g/mol. The number of ether oxygens (including phenoxy) is 2. The van der Waals surface area contributed by atoms with Crippen LogP contribution in [0.5, 0.6) is 11.5 Å². The molecule has 0 aliphatic heterocycles. The maximum atomic E-state index is 11.8. The van der Waals surface area contributed by atoms with Crippen molar-refractivity contribution in [2.75, 3.05) is 19.5 Å². The fourth-order valence-electron chi connectivity index (χ4n) is 1.34. The lowest BCUT2D eigenvalue weighted by Crippen LogP contribution is -2.00. The first kappa shape index (κ1) is 13.0. The Morgan fingerprint density at radius 2 is 1.75 bits per heavy atom. The first-order chi connectivity index (χ1) is 7.71. The van der Waals surface area contributed by atoms with E-state index < -0.39 is 0 Å². The molecular weight excluding hydrogens is 272 g/mol. The Labute approximate surface area is 104 Å². The number of rotatable bonds is 6. The molecule has 0 bridgehead atoms. The molecule has 0 saturated carbocycles. The summed E-state index contributed by atoms with van der Waals surface area (Å²) in [4.78, 5) is 11.8. The molecule has 0 radical (unpaired) electrons. The van der Waals surface area contributed by atoms with Crippen molar-refractivity contribution >= 4 is 21.7 Å². The van der Waals surface area contributed by atoms with Crippen molar-refractivity contribution in [3.63, 3.8) is 0 Å². The van der Waals surface area contributed by atoms with E-state index in [9.17, 15) is 4.79 Å². The van der Waals surface area contributed by atoms with Crippen LogP contribution in [0.2, 0.25) is 0 Å². The molecule has 4 heteroatoms. The van der Waals surface area contributed by atoms with Gasteiger partial charge in [0.2, 0.25) is 0 Å². The highest BCUT2D eigenvalue weighted by molar-refractivity contribution is 9.09. The molecule has 88 valence electrons. The number of hydrogen-bond acceptors (Lipinski definition) is 3. The summed E-state index contributed by atoms with van der Waals surface area (Å²) in [7, 11) is 3.14. The predicted molar refractivity (Wildman–Crippen MR) is 66.9 cm³/mol. The van der Waals surface area contributed by atoms with E-state index in [-0.39, 0.29) is 5.78 Å². The van der Waals surface area contributed by atoms with E-state index in [1.165, 1.54) is 0 Å². The Kier molecular flexibility index (Phi) is 5.32. The Hall–Kier alpha value is -1.03. The molecule has 0 atom stereocenters. The van der Waals surface area contributed by atoms with Gasteiger partial charge in [-0.25, -0.2) is 0 Å². The Balaban J connectivity index is 2.89. The number of carbonyl (C=O) groups is 1. The van der Waals surface area contributed by atoms with Gasteiger partial charge in [-0.1, -0.05) is 15.9 Å². The molecule has 0 fully saturated rings. The van der Waals surface area contributed by atoms with Gasteiger partial charge < -0.3 is 9.47 Å². The van der Waals surface area contributed by atoms with E-state index in [2.05, 4.69) is 15.9 Å². The van der Waals surface area contributed by atoms with Crippen LogP contribution in [0.25, 0.3) is 0 Å². The molecule has 1 aromatic rings. The van der Waals surface area contributed by atoms with Crippen molar-refractivity contribution in [3.05, 3.63) is 23.8 Å². The predicted octanol–water partition coefficient (Wildman–Crippen LogP) is 3.06. The molecule has 16 heavy (non-hydrogen) atoms. The summed E-state index contributed by atoms with van der Waals surface area (Å²) in [6.45, 7) is 0. The van der Waals surface area contributed by atoms with Crippen LogP contribution in [0, 0.1) is 0 Å². The first-order valence-electron chi connectivity index (χ1n) is 5.03. The van der Waals surface area contributed by atoms with Gasteiger partial charge in [0.1, 0.15) is 11.5 Å². The summed E-state index contributed by atoms with van der Waals surface area (Å²) in [6.07, 6.45) is 1.36. The van der Waals surface area contributed by atoms with Crippen LogP contribution in [0.1, 0.15) is 23.2 Å². The summed E-state index contributed by atoms with van der Waals surface area (Å²) >= 11 is 3.31. The molecule has 0 amide bonds. The van der Waals surface area contributed by atoms with Crippen molar-refractivity contribution < 1.29 is 14.3 Å². The third kappa shape index (κ3) is 3.52. The number of hydrogen-bond donors (Lipinski definition) is 0. The van der Waals surface area contributed by atoms with Crippen molar-refractivity contribution in [2.45, 2.75) is 12.8 Å². The highest BCUT2D eigenvalue weighted by atomic mass is 79.9. The van der Waals surface area contributed by atoms with Gasteiger partial charge in [0.05, 0.1) is 14.2 Å². The molecule has 1 aromatic carbocycles. The normalized spacial score (nSPS) is 9.94. The molecule has 0 spiro atoms. The number of halogens is 1. The largest absolute Gasteiger partial charge is 0.497 e. The van der Waals surface area contributed by atoms with Crippen LogP contribution in [-0.2, 0) is 0 Å². The maximum absolute atomic E-state index is 11.8. The minimum Gasteiger partial charge on any atom is -0.497 e. The van der Waals surface area contributed by atoms with Crippen LogP contribution in [-0.4, -0.2) is 25.3 Å². The lowest BCUT2D eigenvalue weighted by atomic mass is 10.1. The van der Waals surface area contributed by atoms with E-state index in [0.717, 1.165) is 11.8 Å². The quantitative estimate of drug-likeness (QED) is 0.596. The molecule has 0 aliphatic rings. The molecule has 0 aliphatic carbocycles. The van der Waals surface area contributed by atoms with E-state index in [1.807, 2.05) is 0 Å². The summed E-state index contributed by atoms with van der Waals surface area (Å²) < 4.78 is 10.2. The van der Waals surface area contributed by atoms with Crippen LogP contribution in [0.4, 0.5) is 0 Å². The van der Waals surface area contributed by atoms with E-state index in [0.29, 0.717) is 23.5 Å².